The van der Waals surface area contributed by atoms with Gasteiger partial charge in [0.15, 0.2) is 5.69 Å². The Kier molecular flexibility index (Phi) is 2.78. The fraction of sp³-hybridized carbons (Fsp3) is 0.222. The van der Waals surface area contributed by atoms with Gasteiger partial charge < -0.3 is 9.72 Å². The topological polar surface area (TPSA) is 76.5 Å². The quantitative estimate of drug-likeness (QED) is 0.659. The van der Waals surface area contributed by atoms with Crippen LogP contribution in [0, 0.1) is 0 Å². The Bertz CT molecular complexity index is 602. The number of hydrogen-bond donors (Lipinski definition) is 1. The van der Waals surface area contributed by atoms with Crippen LogP contribution in [0.25, 0.3) is 5.65 Å². The number of aromatic amines is 1. The number of ether oxygens (including phenoxy) is 1. The number of H-pyrrole nitrogens is 1. The highest BCUT2D eigenvalue weighted by Gasteiger charge is 2.13. The minimum atomic E-state index is -0.540. The standard InChI is InChI=1S/C9H8BrN3O3/c1-2-16-8(14)5-4-13-7(11-5)3-6(10)12-9(13)15/h3-4H,2H2,1H3,(H,12,15). The lowest BCUT2D eigenvalue weighted by atomic mass is 10.5. The second kappa shape index (κ2) is 4.09. The van der Waals surface area contributed by atoms with Gasteiger partial charge in [-0.25, -0.2) is 14.6 Å². The van der Waals surface area contributed by atoms with Gasteiger partial charge in [0.1, 0.15) is 5.65 Å². The summed E-state index contributed by atoms with van der Waals surface area (Å²) in [7, 11) is 0. The maximum absolute atomic E-state index is 11.5. The molecule has 0 spiro atoms. The summed E-state index contributed by atoms with van der Waals surface area (Å²) < 4.78 is 6.54. The number of esters is 1. The van der Waals surface area contributed by atoms with Crippen LogP contribution in [0.5, 0.6) is 0 Å². The van der Waals surface area contributed by atoms with E-state index in [-0.39, 0.29) is 18.0 Å². The summed E-state index contributed by atoms with van der Waals surface area (Å²) in [5.74, 6) is -0.540. The fourth-order valence-electron chi connectivity index (χ4n) is 1.27. The number of aromatic nitrogens is 3. The van der Waals surface area contributed by atoms with E-state index in [1.54, 1.807) is 13.0 Å². The molecule has 0 saturated heterocycles. The molecular formula is C9H8BrN3O3. The van der Waals surface area contributed by atoms with Crippen LogP contribution >= 0.6 is 15.9 Å². The van der Waals surface area contributed by atoms with Gasteiger partial charge in [-0.1, -0.05) is 0 Å². The van der Waals surface area contributed by atoms with E-state index >= 15 is 0 Å². The van der Waals surface area contributed by atoms with E-state index in [0.717, 1.165) is 0 Å². The predicted octanol–water partition coefficient (Wildman–Crippen LogP) is 0.962. The van der Waals surface area contributed by atoms with Crippen molar-refractivity contribution in [1.82, 2.24) is 14.4 Å². The molecule has 84 valence electrons. The Labute approximate surface area is 98.4 Å². The van der Waals surface area contributed by atoms with E-state index in [2.05, 4.69) is 25.9 Å². The first-order valence-corrected chi connectivity index (χ1v) is 5.36. The van der Waals surface area contributed by atoms with E-state index in [0.29, 0.717) is 10.3 Å². The number of halogens is 1. The zero-order chi connectivity index (χ0) is 11.7. The molecule has 2 aromatic heterocycles. The van der Waals surface area contributed by atoms with Gasteiger partial charge in [0, 0.05) is 12.3 Å². The molecule has 0 radical (unpaired) electrons. The number of hydrogen-bond acceptors (Lipinski definition) is 4. The zero-order valence-corrected chi connectivity index (χ0v) is 9.94. The average molecular weight is 286 g/mol. The molecule has 0 bridgehead atoms. The Morgan fingerprint density at radius 3 is 3.12 bits per heavy atom. The first-order chi connectivity index (χ1) is 7.61. The van der Waals surface area contributed by atoms with Crippen molar-refractivity contribution < 1.29 is 9.53 Å². The summed E-state index contributed by atoms with van der Waals surface area (Å²) in [5, 5.41) is 0. The molecule has 16 heavy (non-hydrogen) atoms. The average Bonchev–Trinajstić information content (AvgIpc) is 2.62. The van der Waals surface area contributed by atoms with Crippen molar-refractivity contribution in [2.45, 2.75) is 6.92 Å². The third-order valence-corrected chi connectivity index (χ3v) is 2.35. The van der Waals surface area contributed by atoms with Crippen LogP contribution in [0.1, 0.15) is 17.4 Å². The Morgan fingerprint density at radius 1 is 1.69 bits per heavy atom. The van der Waals surface area contributed by atoms with E-state index in [9.17, 15) is 9.59 Å². The van der Waals surface area contributed by atoms with Crippen molar-refractivity contribution >= 4 is 27.5 Å². The largest absolute Gasteiger partial charge is 0.461 e. The van der Waals surface area contributed by atoms with Crippen molar-refractivity contribution in [3.05, 3.63) is 33.0 Å². The molecule has 0 amide bonds. The lowest BCUT2D eigenvalue weighted by Crippen LogP contribution is -2.15. The van der Waals surface area contributed by atoms with Crippen LogP contribution in [0.2, 0.25) is 0 Å². The third-order valence-electron chi connectivity index (χ3n) is 1.92. The Balaban J connectivity index is 2.56. The SMILES string of the molecule is CCOC(=O)c1cn2c(=O)[nH]c(Br)cc2n1. The summed E-state index contributed by atoms with van der Waals surface area (Å²) >= 11 is 3.14. The smallest absolute Gasteiger partial charge is 0.358 e. The summed E-state index contributed by atoms with van der Waals surface area (Å²) in [5.41, 5.74) is 0.136. The van der Waals surface area contributed by atoms with Gasteiger partial charge in [-0.2, -0.15) is 0 Å². The van der Waals surface area contributed by atoms with E-state index in [1.807, 2.05) is 0 Å². The highest BCUT2D eigenvalue weighted by atomic mass is 79.9. The van der Waals surface area contributed by atoms with Gasteiger partial charge in [0.25, 0.3) is 0 Å². The van der Waals surface area contributed by atoms with Crippen LogP contribution in [-0.4, -0.2) is 26.9 Å². The van der Waals surface area contributed by atoms with Crippen LogP contribution in [-0.2, 0) is 4.74 Å². The summed E-state index contributed by atoms with van der Waals surface area (Å²) in [6.07, 6.45) is 1.35. The van der Waals surface area contributed by atoms with E-state index < -0.39 is 5.97 Å². The number of nitrogens with one attached hydrogen (secondary N) is 1. The van der Waals surface area contributed by atoms with Crippen LogP contribution in [0.3, 0.4) is 0 Å². The van der Waals surface area contributed by atoms with Gasteiger partial charge in [-0.3, -0.25) is 4.40 Å². The summed E-state index contributed by atoms with van der Waals surface area (Å²) in [6.45, 7) is 1.98. The Morgan fingerprint density at radius 2 is 2.44 bits per heavy atom. The van der Waals surface area contributed by atoms with Crippen molar-refractivity contribution in [3.8, 4) is 0 Å². The van der Waals surface area contributed by atoms with Crippen molar-refractivity contribution in [1.29, 1.82) is 0 Å². The number of imidazole rings is 1. The molecule has 0 saturated carbocycles. The minimum Gasteiger partial charge on any atom is -0.461 e. The highest BCUT2D eigenvalue weighted by molar-refractivity contribution is 9.10. The van der Waals surface area contributed by atoms with Gasteiger partial charge in [0.2, 0.25) is 0 Å². The molecule has 1 N–H and O–H groups in total. The number of fused-ring (bicyclic) bond motifs is 1. The van der Waals surface area contributed by atoms with Crippen LogP contribution < -0.4 is 5.69 Å². The van der Waals surface area contributed by atoms with Crippen molar-refractivity contribution in [2.24, 2.45) is 0 Å². The summed E-state index contributed by atoms with van der Waals surface area (Å²) in [4.78, 5) is 29.4. The van der Waals surface area contributed by atoms with Crippen molar-refractivity contribution in [3.63, 3.8) is 0 Å². The second-order valence-corrected chi connectivity index (χ2v) is 3.85. The molecule has 2 aromatic rings. The molecule has 0 aliphatic heterocycles. The molecule has 0 fully saturated rings. The van der Waals surface area contributed by atoms with E-state index in [1.165, 1.54) is 10.6 Å². The molecule has 0 atom stereocenters. The minimum absolute atomic E-state index is 0.116. The maximum atomic E-state index is 11.5. The Hall–Kier alpha value is -1.63. The highest BCUT2D eigenvalue weighted by Crippen LogP contribution is 2.08. The first-order valence-electron chi connectivity index (χ1n) is 4.57. The monoisotopic (exact) mass is 285 g/mol. The van der Waals surface area contributed by atoms with Crippen LogP contribution in [0.15, 0.2) is 21.7 Å². The predicted molar refractivity (Wildman–Crippen MR) is 59.5 cm³/mol. The number of rotatable bonds is 2. The third kappa shape index (κ3) is 1.85. The van der Waals surface area contributed by atoms with Crippen molar-refractivity contribution in [2.75, 3.05) is 6.61 Å². The molecular weight excluding hydrogens is 278 g/mol. The molecule has 0 aliphatic carbocycles. The maximum Gasteiger partial charge on any atom is 0.358 e. The summed E-state index contributed by atoms with van der Waals surface area (Å²) in [6, 6.07) is 1.60. The number of nitrogens with zero attached hydrogens (tertiary/aromatic N) is 2. The lowest BCUT2D eigenvalue weighted by molar-refractivity contribution is 0.0520. The van der Waals surface area contributed by atoms with Crippen LogP contribution in [0.4, 0.5) is 0 Å². The molecule has 2 rings (SSSR count). The molecule has 0 unspecified atom stereocenters. The lowest BCUT2D eigenvalue weighted by Gasteiger charge is -1.94. The molecule has 2 heterocycles. The molecule has 7 heteroatoms. The molecule has 6 nitrogen and oxygen atoms in total. The van der Waals surface area contributed by atoms with E-state index in [4.69, 9.17) is 4.74 Å². The fourth-order valence-corrected chi connectivity index (χ4v) is 1.65. The molecule has 0 aliphatic rings. The second-order valence-electron chi connectivity index (χ2n) is 3.00. The number of carbonyl (C=O) groups is 1. The van der Waals surface area contributed by atoms with Gasteiger partial charge in [-0.15, -0.1) is 0 Å². The molecule has 0 aromatic carbocycles. The van der Waals surface area contributed by atoms with Gasteiger partial charge in [-0.05, 0) is 22.9 Å². The van der Waals surface area contributed by atoms with Gasteiger partial charge in [0.05, 0.1) is 11.2 Å². The zero-order valence-electron chi connectivity index (χ0n) is 8.36. The van der Waals surface area contributed by atoms with Gasteiger partial charge >= 0.3 is 11.7 Å². The number of carbonyl (C=O) groups excluding carboxylic acids is 1. The normalized spacial score (nSPS) is 10.6. The first kappa shape index (κ1) is 10.9.